The molecule has 0 saturated carbocycles. The van der Waals surface area contributed by atoms with Crippen LogP contribution in [0.2, 0.25) is 5.02 Å². The van der Waals surface area contributed by atoms with Crippen molar-refractivity contribution in [3.8, 4) is 11.6 Å². The molecule has 1 aromatic heterocycles. The van der Waals surface area contributed by atoms with Crippen molar-refractivity contribution in [1.29, 1.82) is 0 Å². The number of pyridine rings is 1. The molecule has 2 rings (SSSR count). The third-order valence-corrected chi connectivity index (χ3v) is 3.41. The maximum absolute atomic E-state index is 6.10. The third-order valence-electron chi connectivity index (χ3n) is 2.62. The zero-order chi connectivity index (χ0) is 14.5. The highest BCUT2D eigenvalue weighted by Gasteiger charge is 2.05. The zero-order valence-electron chi connectivity index (χ0n) is 11.4. The Bertz CT molecular complexity index is 573. The van der Waals surface area contributed by atoms with Gasteiger partial charge < -0.3 is 10.1 Å². The van der Waals surface area contributed by atoms with Gasteiger partial charge in [0.15, 0.2) is 0 Å². The second kappa shape index (κ2) is 7.07. The first-order chi connectivity index (χ1) is 9.54. The fourth-order valence-corrected chi connectivity index (χ4v) is 2.28. The molecule has 0 aliphatic carbocycles. The highest BCUT2D eigenvalue weighted by molar-refractivity contribution is 9.10. The maximum atomic E-state index is 6.10. The summed E-state index contributed by atoms with van der Waals surface area (Å²) in [5, 5.41) is 3.89. The molecule has 0 aliphatic rings. The predicted molar refractivity (Wildman–Crippen MR) is 85.4 cm³/mol. The van der Waals surface area contributed by atoms with Crippen LogP contribution in [0.5, 0.6) is 11.6 Å². The molecule has 0 spiro atoms. The van der Waals surface area contributed by atoms with Crippen LogP contribution < -0.4 is 10.1 Å². The highest BCUT2D eigenvalue weighted by Crippen LogP contribution is 2.30. The van der Waals surface area contributed by atoms with Crippen LogP contribution in [0.15, 0.2) is 41.0 Å². The largest absolute Gasteiger partial charge is 0.437 e. The lowest BCUT2D eigenvalue weighted by Gasteiger charge is -2.09. The van der Waals surface area contributed by atoms with Crippen molar-refractivity contribution in [3.63, 3.8) is 0 Å². The smallest absolute Gasteiger partial charge is 0.219 e. The summed E-state index contributed by atoms with van der Waals surface area (Å²) in [6.45, 7) is 5.02. The summed E-state index contributed by atoms with van der Waals surface area (Å²) in [6, 6.07) is 9.76. The summed E-state index contributed by atoms with van der Waals surface area (Å²) in [5.74, 6) is 1.12. The van der Waals surface area contributed by atoms with Crippen molar-refractivity contribution in [3.05, 3.63) is 51.6 Å². The van der Waals surface area contributed by atoms with E-state index in [4.69, 9.17) is 16.3 Å². The van der Waals surface area contributed by atoms with E-state index in [1.165, 1.54) is 0 Å². The van der Waals surface area contributed by atoms with Gasteiger partial charge in [-0.25, -0.2) is 4.98 Å². The molecule has 0 amide bonds. The van der Waals surface area contributed by atoms with Crippen molar-refractivity contribution < 1.29 is 4.74 Å². The Morgan fingerprint density at radius 3 is 2.70 bits per heavy atom. The van der Waals surface area contributed by atoms with Crippen LogP contribution in [-0.2, 0) is 6.54 Å². The molecule has 106 valence electrons. The van der Waals surface area contributed by atoms with Crippen molar-refractivity contribution >= 4 is 27.5 Å². The van der Waals surface area contributed by atoms with Gasteiger partial charge in [0, 0.05) is 29.3 Å². The Labute approximate surface area is 132 Å². The van der Waals surface area contributed by atoms with E-state index < -0.39 is 0 Å². The summed E-state index contributed by atoms with van der Waals surface area (Å²) < 4.78 is 6.58. The minimum atomic E-state index is 0.451. The fraction of sp³-hybridized carbons (Fsp3) is 0.267. The average molecular weight is 356 g/mol. The van der Waals surface area contributed by atoms with E-state index in [1.54, 1.807) is 12.3 Å². The number of aromatic nitrogens is 1. The molecule has 2 aromatic rings. The van der Waals surface area contributed by atoms with Gasteiger partial charge >= 0.3 is 0 Å². The van der Waals surface area contributed by atoms with Crippen LogP contribution in [-0.4, -0.2) is 11.0 Å². The number of benzene rings is 1. The molecule has 1 N–H and O–H groups in total. The number of hydrogen-bond donors (Lipinski definition) is 1. The van der Waals surface area contributed by atoms with Crippen LogP contribution in [0.4, 0.5) is 0 Å². The van der Waals surface area contributed by atoms with Crippen molar-refractivity contribution in [2.75, 3.05) is 0 Å². The second-order valence-electron chi connectivity index (χ2n) is 4.72. The van der Waals surface area contributed by atoms with Gasteiger partial charge in [-0.1, -0.05) is 47.4 Å². The molecule has 0 radical (unpaired) electrons. The number of rotatable bonds is 5. The Morgan fingerprint density at radius 2 is 2.10 bits per heavy atom. The number of halogens is 2. The lowest BCUT2D eigenvalue weighted by atomic mass is 10.2. The van der Waals surface area contributed by atoms with Gasteiger partial charge in [0.2, 0.25) is 5.88 Å². The van der Waals surface area contributed by atoms with Crippen LogP contribution in [0.1, 0.15) is 19.4 Å². The predicted octanol–water partition coefficient (Wildman–Crippen LogP) is 4.79. The molecule has 5 heteroatoms. The van der Waals surface area contributed by atoms with Gasteiger partial charge in [-0.15, -0.1) is 0 Å². The first kappa shape index (κ1) is 15.3. The number of nitrogens with zero attached hydrogens (tertiary/aromatic N) is 1. The molecular weight excluding hydrogens is 340 g/mol. The van der Waals surface area contributed by atoms with Crippen LogP contribution in [0.3, 0.4) is 0 Å². The Hall–Kier alpha value is -1.10. The summed E-state index contributed by atoms with van der Waals surface area (Å²) >= 11 is 9.46. The first-order valence-electron chi connectivity index (χ1n) is 6.36. The van der Waals surface area contributed by atoms with Crippen LogP contribution in [0, 0.1) is 0 Å². The topological polar surface area (TPSA) is 34.1 Å². The van der Waals surface area contributed by atoms with Crippen molar-refractivity contribution in [1.82, 2.24) is 10.3 Å². The van der Waals surface area contributed by atoms with Gasteiger partial charge in [-0.2, -0.15) is 0 Å². The lowest BCUT2D eigenvalue weighted by molar-refractivity contribution is 0.462. The molecule has 0 aliphatic heterocycles. The van der Waals surface area contributed by atoms with Gasteiger partial charge in [0.1, 0.15) is 5.75 Å². The minimum Gasteiger partial charge on any atom is -0.437 e. The quantitative estimate of drug-likeness (QED) is 0.837. The average Bonchev–Trinajstić information content (AvgIpc) is 2.41. The monoisotopic (exact) mass is 354 g/mol. The van der Waals surface area contributed by atoms with Gasteiger partial charge in [0.25, 0.3) is 0 Å². The molecule has 1 heterocycles. The minimum absolute atomic E-state index is 0.451. The molecular formula is C15H16BrClN2O. The number of nitrogens with one attached hydrogen (secondary N) is 1. The van der Waals surface area contributed by atoms with E-state index >= 15 is 0 Å². The molecule has 20 heavy (non-hydrogen) atoms. The van der Waals surface area contributed by atoms with Gasteiger partial charge in [-0.05, 0) is 23.8 Å². The standard InChI is InChI=1S/C15H16BrClN2O/c1-10(2)18-8-11-3-6-15(19-9-11)20-14-5-4-12(16)7-13(14)17/h3-7,9-10,18H,8H2,1-2H3. The maximum Gasteiger partial charge on any atom is 0.219 e. The third kappa shape index (κ3) is 4.47. The summed E-state index contributed by atoms with van der Waals surface area (Å²) in [6.07, 6.45) is 1.80. The Morgan fingerprint density at radius 1 is 1.30 bits per heavy atom. The summed E-state index contributed by atoms with van der Waals surface area (Å²) in [7, 11) is 0. The van der Waals surface area contributed by atoms with E-state index in [0.29, 0.717) is 22.7 Å². The summed E-state index contributed by atoms with van der Waals surface area (Å²) in [4.78, 5) is 4.28. The lowest BCUT2D eigenvalue weighted by Crippen LogP contribution is -2.21. The second-order valence-corrected chi connectivity index (χ2v) is 6.04. The van der Waals surface area contributed by atoms with E-state index in [1.807, 2.05) is 24.3 Å². The normalized spacial score (nSPS) is 10.8. The van der Waals surface area contributed by atoms with Crippen LogP contribution >= 0.6 is 27.5 Å². The highest BCUT2D eigenvalue weighted by atomic mass is 79.9. The van der Waals surface area contributed by atoms with Crippen molar-refractivity contribution in [2.45, 2.75) is 26.4 Å². The van der Waals surface area contributed by atoms with Crippen LogP contribution in [0.25, 0.3) is 0 Å². The van der Waals surface area contributed by atoms with E-state index in [-0.39, 0.29) is 0 Å². The molecule has 0 fully saturated rings. The SMILES string of the molecule is CC(C)NCc1ccc(Oc2ccc(Br)cc2Cl)nc1. The molecule has 1 aromatic carbocycles. The molecule has 0 bridgehead atoms. The Kier molecular flexibility index (Phi) is 5.40. The van der Waals surface area contributed by atoms with E-state index in [2.05, 4.69) is 40.1 Å². The molecule has 3 nitrogen and oxygen atoms in total. The van der Waals surface area contributed by atoms with E-state index in [0.717, 1.165) is 16.6 Å². The molecule has 0 unspecified atom stereocenters. The Balaban J connectivity index is 2.03. The fourth-order valence-electron chi connectivity index (χ4n) is 1.57. The van der Waals surface area contributed by atoms with Crippen molar-refractivity contribution in [2.24, 2.45) is 0 Å². The van der Waals surface area contributed by atoms with E-state index in [9.17, 15) is 0 Å². The van der Waals surface area contributed by atoms with Gasteiger partial charge in [-0.3, -0.25) is 0 Å². The first-order valence-corrected chi connectivity index (χ1v) is 7.53. The molecule has 0 saturated heterocycles. The summed E-state index contributed by atoms with van der Waals surface area (Å²) in [5.41, 5.74) is 1.12. The number of ether oxygens (including phenoxy) is 1. The number of hydrogen-bond acceptors (Lipinski definition) is 3. The zero-order valence-corrected chi connectivity index (χ0v) is 13.7. The molecule has 0 atom stereocenters. The van der Waals surface area contributed by atoms with Gasteiger partial charge in [0.05, 0.1) is 5.02 Å².